The van der Waals surface area contributed by atoms with Gasteiger partial charge in [0.1, 0.15) is 12.4 Å². The Morgan fingerprint density at radius 3 is 2.52 bits per heavy atom. The van der Waals surface area contributed by atoms with E-state index >= 15 is 0 Å². The number of ether oxygens (including phenoxy) is 1. The molecule has 0 aliphatic carbocycles. The Bertz CT molecular complexity index is 748. The van der Waals surface area contributed by atoms with Gasteiger partial charge in [0.25, 0.3) is 0 Å². The summed E-state index contributed by atoms with van der Waals surface area (Å²) in [5, 5.41) is 9.81. The number of sulfonamides is 1. The number of hydrogen-bond acceptors (Lipinski definition) is 5. The Morgan fingerprint density at radius 1 is 1.22 bits per heavy atom. The SMILES string of the molecule is CS(=O)(=O)Nc1cc(C(O)CN)ccc1OCc1ccccc1. The van der Waals surface area contributed by atoms with Crippen LogP contribution in [0.25, 0.3) is 0 Å². The third-order valence-corrected chi connectivity index (χ3v) is 3.73. The molecular weight excluding hydrogens is 316 g/mol. The van der Waals surface area contributed by atoms with Gasteiger partial charge in [-0.15, -0.1) is 0 Å². The van der Waals surface area contributed by atoms with E-state index in [1.54, 1.807) is 12.1 Å². The Hall–Kier alpha value is -2.09. The molecule has 2 aromatic carbocycles. The van der Waals surface area contributed by atoms with E-state index in [0.717, 1.165) is 11.8 Å². The zero-order valence-electron chi connectivity index (χ0n) is 12.8. The summed E-state index contributed by atoms with van der Waals surface area (Å²) in [4.78, 5) is 0. The van der Waals surface area contributed by atoms with Crippen LogP contribution in [0.2, 0.25) is 0 Å². The lowest BCUT2D eigenvalue weighted by Crippen LogP contribution is -2.14. The molecule has 0 heterocycles. The van der Waals surface area contributed by atoms with Crippen LogP contribution in [0.1, 0.15) is 17.2 Å². The largest absolute Gasteiger partial charge is 0.487 e. The molecule has 0 saturated heterocycles. The van der Waals surface area contributed by atoms with Crippen LogP contribution in [0, 0.1) is 0 Å². The van der Waals surface area contributed by atoms with Gasteiger partial charge >= 0.3 is 0 Å². The van der Waals surface area contributed by atoms with Gasteiger partial charge in [-0.05, 0) is 23.3 Å². The number of benzene rings is 2. The van der Waals surface area contributed by atoms with Crippen molar-refractivity contribution in [2.45, 2.75) is 12.7 Å². The van der Waals surface area contributed by atoms with Gasteiger partial charge < -0.3 is 15.6 Å². The molecule has 1 atom stereocenters. The van der Waals surface area contributed by atoms with Gasteiger partial charge in [0, 0.05) is 6.54 Å². The smallest absolute Gasteiger partial charge is 0.229 e. The number of nitrogens with two attached hydrogens (primary N) is 1. The Morgan fingerprint density at radius 2 is 1.91 bits per heavy atom. The lowest BCUT2D eigenvalue weighted by Gasteiger charge is -2.16. The van der Waals surface area contributed by atoms with E-state index in [1.165, 1.54) is 6.07 Å². The van der Waals surface area contributed by atoms with E-state index in [0.29, 0.717) is 17.9 Å². The molecule has 1 unspecified atom stereocenters. The third kappa shape index (κ3) is 5.24. The first-order chi connectivity index (χ1) is 10.9. The second kappa shape index (κ2) is 7.45. The van der Waals surface area contributed by atoms with Crippen molar-refractivity contribution in [1.29, 1.82) is 0 Å². The zero-order valence-corrected chi connectivity index (χ0v) is 13.6. The molecular formula is C16H20N2O4S. The average molecular weight is 336 g/mol. The minimum Gasteiger partial charge on any atom is -0.487 e. The molecule has 0 aliphatic heterocycles. The standard InChI is InChI=1S/C16H20N2O4S/c1-23(20,21)18-14-9-13(15(19)10-17)7-8-16(14)22-11-12-5-3-2-4-6-12/h2-9,15,18-19H,10-11,17H2,1H3. The fourth-order valence-electron chi connectivity index (χ4n) is 2.03. The van der Waals surface area contributed by atoms with Crippen LogP contribution >= 0.6 is 0 Å². The van der Waals surface area contributed by atoms with E-state index in [9.17, 15) is 13.5 Å². The molecule has 2 aromatic rings. The van der Waals surface area contributed by atoms with Crippen molar-refractivity contribution in [2.24, 2.45) is 5.73 Å². The van der Waals surface area contributed by atoms with E-state index in [1.807, 2.05) is 30.3 Å². The lowest BCUT2D eigenvalue weighted by molar-refractivity contribution is 0.186. The monoisotopic (exact) mass is 336 g/mol. The average Bonchev–Trinajstić information content (AvgIpc) is 2.52. The molecule has 0 radical (unpaired) electrons. The molecule has 6 nitrogen and oxygen atoms in total. The summed E-state index contributed by atoms with van der Waals surface area (Å²) in [6.07, 6.45) is 0.193. The first-order valence-corrected chi connectivity index (χ1v) is 8.95. The molecule has 0 bridgehead atoms. The molecule has 0 aliphatic rings. The minimum atomic E-state index is -3.47. The summed E-state index contributed by atoms with van der Waals surface area (Å²) in [7, 11) is -3.47. The van der Waals surface area contributed by atoms with E-state index in [4.69, 9.17) is 10.5 Å². The summed E-state index contributed by atoms with van der Waals surface area (Å²) in [6.45, 7) is 0.348. The number of aliphatic hydroxyl groups excluding tert-OH is 1. The van der Waals surface area contributed by atoms with Crippen LogP contribution in [-0.2, 0) is 16.6 Å². The van der Waals surface area contributed by atoms with Gasteiger partial charge in [-0.1, -0.05) is 36.4 Å². The highest BCUT2D eigenvalue weighted by Gasteiger charge is 2.13. The lowest BCUT2D eigenvalue weighted by atomic mass is 10.1. The van der Waals surface area contributed by atoms with Crippen LogP contribution in [0.3, 0.4) is 0 Å². The molecule has 7 heteroatoms. The van der Waals surface area contributed by atoms with Gasteiger partial charge in [0.05, 0.1) is 18.0 Å². The highest BCUT2D eigenvalue weighted by atomic mass is 32.2. The minimum absolute atomic E-state index is 0.0442. The predicted molar refractivity (Wildman–Crippen MR) is 89.7 cm³/mol. The summed E-state index contributed by atoms with van der Waals surface area (Å²) < 4.78 is 31.1. The molecule has 124 valence electrons. The molecule has 0 amide bonds. The summed E-state index contributed by atoms with van der Waals surface area (Å²) in [5.41, 5.74) is 7.19. The van der Waals surface area contributed by atoms with Gasteiger partial charge in [-0.2, -0.15) is 0 Å². The molecule has 0 aromatic heterocycles. The highest BCUT2D eigenvalue weighted by molar-refractivity contribution is 7.92. The number of aliphatic hydroxyl groups is 1. The van der Waals surface area contributed by atoms with Crippen LogP contribution in [-0.4, -0.2) is 26.3 Å². The molecule has 0 fully saturated rings. The Kier molecular flexibility index (Phi) is 5.59. The maximum atomic E-state index is 11.5. The normalized spacial score (nSPS) is 12.7. The molecule has 0 saturated carbocycles. The summed E-state index contributed by atoms with van der Waals surface area (Å²) in [6, 6.07) is 14.3. The topological polar surface area (TPSA) is 102 Å². The van der Waals surface area contributed by atoms with Crippen molar-refractivity contribution >= 4 is 15.7 Å². The molecule has 4 N–H and O–H groups in total. The van der Waals surface area contributed by atoms with E-state index in [-0.39, 0.29) is 12.2 Å². The van der Waals surface area contributed by atoms with Crippen molar-refractivity contribution in [3.05, 3.63) is 59.7 Å². The molecule has 0 spiro atoms. The Labute approximate surface area is 136 Å². The zero-order chi connectivity index (χ0) is 16.9. The first-order valence-electron chi connectivity index (χ1n) is 7.05. The van der Waals surface area contributed by atoms with Crippen molar-refractivity contribution in [3.8, 4) is 5.75 Å². The molecule has 2 rings (SSSR count). The molecule has 23 heavy (non-hydrogen) atoms. The van der Waals surface area contributed by atoms with Crippen molar-refractivity contribution < 1.29 is 18.3 Å². The van der Waals surface area contributed by atoms with Crippen molar-refractivity contribution in [3.63, 3.8) is 0 Å². The van der Waals surface area contributed by atoms with Crippen LogP contribution in [0.15, 0.2) is 48.5 Å². The summed E-state index contributed by atoms with van der Waals surface area (Å²) in [5.74, 6) is 0.382. The highest BCUT2D eigenvalue weighted by Crippen LogP contribution is 2.29. The number of rotatable bonds is 7. The van der Waals surface area contributed by atoms with Gasteiger partial charge in [0.2, 0.25) is 10.0 Å². The van der Waals surface area contributed by atoms with E-state index in [2.05, 4.69) is 4.72 Å². The van der Waals surface area contributed by atoms with Crippen molar-refractivity contribution in [1.82, 2.24) is 0 Å². The fraction of sp³-hybridized carbons (Fsp3) is 0.250. The van der Waals surface area contributed by atoms with Gasteiger partial charge in [-0.25, -0.2) is 8.42 Å². The maximum Gasteiger partial charge on any atom is 0.229 e. The van der Waals surface area contributed by atoms with Gasteiger partial charge in [0.15, 0.2) is 0 Å². The first kappa shape index (κ1) is 17.3. The third-order valence-electron chi connectivity index (χ3n) is 3.14. The van der Waals surface area contributed by atoms with Crippen LogP contribution in [0.4, 0.5) is 5.69 Å². The number of nitrogens with one attached hydrogen (secondary N) is 1. The fourth-order valence-corrected chi connectivity index (χ4v) is 2.59. The predicted octanol–water partition coefficient (Wildman–Crippen LogP) is 1.63. The second-order valence-electron chi connectivity index (χ2n) is 5.16. The maximum absolute atomic E-state index is 11.5. The second-order valence-corrected chi connectivity index (χ2v) is 6.90. The Balaban J connectivity index is 2.26. The van der Waals surface area contributed by atoms with Gasteiger partial charge in [-0.3, -0.25) is 4.72 Å². The van der Waals surface area contributed by atoms with Crippen LogP contribution < -0.4 is 15.2 Å². The van der Waals surface area contributed by atoms with E-state index < -0.39 is 16.1 Å². The van der Waals surface area contributed by atoms with Crippen LogP contribution in [0.5, 0.6) is 5.75 Å². The number of anilines is 1. The quantitative estimate of drug-likeness (QED) is 0.713. The summed E-state index contributed by atoms with van der Waals surface area (Å²) >= 11 is 0. The number of hydrogen-bond donors (Lipinski definition) is 3. The van der Waals surface area contributed by atoms with Crippen molar-refractivity contribution in [2.75, 3.05) is 17.5 Å².